The van der Waals surface area contributed by atoms with Crippen molar-refractivity contribution in [2.75, 3.05) is 40.5 Å². The summed E-state index contributed by atoms with van der Waals surface area (Å²) in [5, 5.41) is 6.80. The van der Waals surface area contributed by atoms with Gasteiger partial charge >= 0.3 is 0 Å². The van der Waals surface area contributed by atoms with E-state index in [9.17, 15) is 0 Å². The molecule has 0 aliphatic carbocycles. The van der Waals surface area contributed by atoms with Crippen LogP contribution >= 0.6 is 24.0 Å². The van der Waals surface area contributed by atoms with Crippen molar-refractivity contribution in [3.8, 4) is 11.5 Å². The minimum atomic E-state index is 0. The number of hydrogen-bond donors (Lipinski definition) is 2. The van der Waals surface area contributed by atoms with E-state index in [1.165, 1.54) is 11.1 Å². The fraction of sp³-hybridized carbons (Fsp3) is 0.480. The number of rotatable bonds is 10. The average Bonchev–Trinajstić information content (AvgIpc) is 3.32. The van der Waals surface area contributed by atoms with Gasteiger partial charge in [0.15, 0.2) is 5.96 Å². The highest BCUT2D eigenvalue weighted by Gasteiger charge is 2.17. The maximum absolute atomic E-state index is 6.14. The monoisotopic (exact) mass is 553 g/mol. The molecule has 2 aromatic rings. The molecule has 3 rings (SSSR count). The number of ether oxygens (including phenoxy) is 3. The van der Waals surface area contributed by atoms with E-state index in [1.807, 2.05) is 12.1 Å². The molecule has 6 nitrogen and oxygen atoms in total. The number of halogens is 1. The second kappa shape index (κ2) is 14.2. The Labute approximate surface area is 209 Å². The lowest BCUT2D eigenvalue weighted by Gasteiger charge is -2.17. The Morgan fingerprint density at radius 3 is 2.81 bits per heavy atom. The van der Waals surface area contributed by atoms with Crippen LogP contribution in [0.25, 0.3) is 0 Å². The summed E-state index contributed by atoms with van der Waals surface area (Å²) in [4.78, 5) is 4.35. The van der Waals surface area contributed by atoms with Crippen LogP contribution in [0.1, 0.15) is 29.5 Å². The molecule has 1 aliphatic rings. The van der Waals surface area contributed by atoms with Crippen molar-refractivity contribution in [1.82, 2.24) is 10.6 Å². The van der Waals surface area contributed by atoms with E-state index in [0.29, 0.717) is 19.1 Å². The van der Waals surface area contributed by atoms with Gasteiger partial charge in [0.1, 0.15) is 11.5 Å². The van der Waals surface area contributed by atoms with E-state index in [4.69, 9.17) is 14.2 Å². The molecule has 1 saturated heterocycles. The van der Waals surface area contributed by atoms with Crippen molar-refractivity contribution >= 4 is 29.9 Å². The molecule has 0 aromatic heterocycles. The fourth-order valence-corrected chi connectivity index (χ4v) is 3.59. The standard InChI is InChI=1S/C25H35N3O3.HI/c1-19-9-10-22(24(14-19)31-18-21-11-13-30-17-21)16-28-25(26-2)27-12-5-7-20-6-4-8-23(15-20)29-3;/h4,6,8-10,14-15,21H,5,7,11-13,16-18H2,1-3H3,(H2,26,27,28);1H. The molecule has 1 unspecified atom stereocenters. The van der Waals surface area contributed by atoms with Crippen LogP contribution in [0.4, 0.5) is 0 Å². The molecule has 2 N–H and O–H groups in total. The number of aryl methyl sites for hydroxylation is 2. The smallest absolute Gasteiger partial charge is 0.191 e. The first-order valence-corrected chi connectivity index (χ1v) is 11.1. The first kappa shape index (κ1) is 26.3. The van der Waals surface area contributed by atoms with Crippen molar-refractivity contribution < 1.29 is 14.2 Å². The lowest BCUT2D eigenvalue weighted by molar-refractivity contribution is 0.166. The molecule has 2 aromatic carbocycles. The molecular weight excluding hydrogens is 517 g/mol. The fourth-order valence-electron chi connectivity index (χ4n) is 3.59. The second-order valence-corrected chi connectivity index (χ2v) is 7.96. The Morgan fingerprint density at radius 2 is 2.06 bits per heavy atom. The number of nitrogens with zero attached hydrogens (tertiary/aromatic N) is 1. The zero-order valence-electron chi connectivity index (χ0n) is 19.4. The number of benzene rings is 2. The molecule has 1 heterocycles. The average molecular weight is 553 g/mol. The molecule has 176 valence electrons. The molecule has 1 atom stereocenters. The van der Waals surface area contributed by atoms with Crippen molar-refractivity contribution in [2.45, 2.75) is 32.7 Å². The Balaban J connectivity index is 0.00000363. The quantitative estimate of drug-likeness (QED) is 0.199. The first-order chi connectivity index (χ1) is 15.2. The van der Waals surface area contributed by atoms with Gasteiger partial charge < -0.3 is 24.8 Å². The highest BCUT2D eigenvalue weighted by molar-refractivity contribution is 14.0. The van der Waals surface area contributed by atoms with E-state index >= 15 is 0 Å². The van der Waals surface area contributed by atoms with Crippen molar-refractivity contribution in [2.24, 2.45) is 10.9 Å². The number of methoxy groups -OCH3 is 1. The summed E-state index contributed by atoms with van der Waals surface area (Å²) < 4.78 is 16.9. The molecule has 1 aliphatic heterocycles. The lowest BCUT2D eigenvalue weighted by Crippen LogP contribution is -2.37. The Bertz CT molecular complexity index is 854. The number of hydrogen-bond acceptors (Lipinski definition) is 4. The number of guanidine groups is 1. The van der Waals surface area contributed by atoms with Crippen LogP contribution in [-0.2, 0) is 17.7 Å². The van der Waals surface area contributed by atoms with Crippen molar-refractivity contribution in [3.63, 3.8) is 0 Å². The Kier molecular flexibility index (Phi) is 11.7. The van der Waals surface area contributed by atoms with Gasteiger partial charge in [-0.25, -0.2) is 0 Å². The van der Waals surface area contributed by atoms with Crippen molar-refractivity contribution in [1.29, 1.82) is 0 Å². The van der Waals surface area contributed by atoms with Crippen LogP contribution in [0.15, 0.2) is 47.5 Å². The largest absolute Gasteiger partial charge is 0.497 e. The van der Waals surface area contributed by atoms with Crippen LogP contribution < -0.4 is 20.1 Å². The molecule has 32 heavy (non-hydrogen) atoms. The summed E-state index contributed by atoms with van der Waals surface area (Å²) in [5.74, 6) is 3.12. The normalized spacial score (nSPS) is 15.7. The number of aliphatic imine (C=N–C) groups is 1. The SMILES string of the molecule is CN=C(NCCCc1cccc(OC)c1)NCc1ccc(C)cc1OCC1CCOC1.I. The minimum absolute atomic E-state index is 0. The molecule has 0 saturated carbocycles. The van der Waals surface area contributed by atoms with Gasteiger partial charge in [-0.1, -0.05) is 24.3 Å². The van der Waals surface area contributed by atoms with E-state index in [1.54, 1.807) is 14.2 Å². The summed E-state index contributed by atoms with van der Waals surface area (Å²) in [5.41, 5.74) is 3.60. The van der Waals surface area contributed by atoms with Gasteiger partial charge in [-0.05, 0) is 55.5 Å². The van der Waals surface area contributed by atoms with Gasteiger partial charge in [-0.3, -0.25) is 4.99 Å². The maximum Gasteiger partial charge on any atom is 0.191 e. The summed E-state index contributed by atoms with van der Waals surface area (Å²) >= 11 is 0. The maximum atomic E-state index is 6.14. The van der Waals surface area contributed by atoms with Gasteiger partial charge in [0.25, 0.3) is 0 Å². The molecule has 0 amide bonds. The third kappa shape index (κ3) is 8.50. The molecule has 0 bridgehead atoms. The third-order valence-corrected chi connectivity index (χ3v) is 5.46. The Hall–Kier alpha value is -2.00. The second-order valence-electron chi connectivity index (χ2n) is 7.96. The zero-order chi connectivity index (χ0) is 21.9. The molecule has 0 radical (unpaired) electrons. The summed E-state index contributed by atoms with van der Waals surface area (Å²) in [6, 6.07) is 14.6. The van der Waals surface area contributed by atoms with Gasteiger partial charge in [-0.15, -0.1) is 24.0 Å². The third-order valence-electron chi connectivity index (χ3n) is 5.46. The van der Waals surface area contributed by atoms with Crippen LogP contribution in [0.2, 0.25) is 0 Å². The van der Waals surface area contributed by atoms with Gasteiger partial charge in [0.2, 0.25) is 0 Å². The van der Waals surface area contributed by atoms with E-state index in [-0.39, 0.29) is 24.0 Å². The van der Waals surface area contributed by atoms with Gasteiger partial charge in [0.05, 0.1) is 20.3 Å². The molecule has 0 spiro atoms. The Morgan fingerprint density at radius 1 is 1.19 bits per heavy atom. The molecular formula is C25H36IN3O3. The van der Waals surface area contributed by atoms with Crippen LogP contribution in [-0.4, -0.2) is 46.5 Å². The number of nitrogens with one attached hydrogen (secondary N) is 2. The molecule has 1 fully saturated rings. The topological polar surface area (TPSA) is 64.1 Å². The van der Waals surface area contributed by atoms with E-state index in [0.717, 1.165) is 62.0 Å². The van der Waals surface area contributed by atoms with Crippen LogP contribution in [0.3, 0.4) is 0 Å². The lowest BCUT2D eigenvalue weighted by atomic mass is 10.1. The van der Waals surface area contributed by atoms with Gasteiger partial charge in [0, 0.05) is 38.2 Å². The summed E-state index contributed by atoms with van der Waals surface area (Å²) in [6.45, 7) is 5.93. The van der Waals surface area contributed by atoms with E-state index < -0.39 is 0 Å². The predicted molar refractivity (Wildman–Crippen MR) is 141 cm³/mol. The summed E-state index contributed by atoms with van der Waals surface area (Å²) in [6.07, 6.45) is 3.07. The minimum Gasteiger partial charge on any atom is -0.497 e. The summed E-state index contributed by atoms with van der Waals surface area (Å²) in [7, 11) is 3.49. The van der Waals surface area contributed by atoms with E-state index in [2.05, 4.69) is 52.9 Å². The van der Waals surface area contributed by atoms with Crippen LogP contribution in [0, 0.1) is 12.8 Å². The van der Waals surface area contributed by atoms with Crippen LogP contribution in [0.5, 0.6) is 11.5 Å². The van der Waals surface area contributed by atoms with Gasteiger partial charge in [-0.2, -0.15) is 0 Å². The molecule has 7 heteroatoms. The highest BCUT2D eigenvalue weighted by Crippen LogP contribution is 2.22. The zero-order valence-corrected chi connectivity index (χ0v) is 21.7. The first-order valence-electron chi connectivity index (χ1n) is 11.1. The van der Waals surface area contributed by atoms with Crippen molar-refractivity contribution in [3.05, 3.63) is 59.2 Å². The predicted octanol–water partition coefficient (Wildman–Crippen LogP) is 4.33. The highest BCUT2D eigenvalue weighted by atomic mass is 127.